The van der Waals surface area contributed by atoms with E-state index >= 15 is 0 Å². The van der Waals surface area contributed by atoms with Gasteiger partial charge in [0.05, 0.1) is 6.54 Å². The van der Waals surface area contributed by atoms with Crippen LogP contribution in [0.2, 0.25) is 0 Å². The highest BCUT2D eigenvalue weighted by molar-refractivity contribution is 5.92. The second-order valence-corrected chi connectivity index (χ2v) is 5.99. The number of ether oxygens (including phenoxy) is 1. The fourth-order valence-corrected chi connectivity index (χ4v) is 2.46. The van der Waals surface area contributed by atoms with E-state index in [0.717, 1.165) is 18.6 Å². The van der Waals surface area contributed by atoms with Crippen LogP contribution in [0.25, 0.3) is 0 Å². The molecular formula is C17H19FN2O3. The van der Waals surface area contributed by atoms with Gasteiger partial charge in [0.25, 0.3) is 5.91 Å². The van der Waals surface area contributed by atoms with Crippen LogP contribution in [0.15, 0.2) is 34.9 Å². The van der Waals surface area contributed by atoms with Crippen molar-refractivity contribution < 1.29 is 18.4 Å². The van der Waals surface area contributed by atoms with Gasteiger partial charge in [-0.05, 0) is 25.8 Å². The molecular weight excluding hydrogens is 299 g/mol. The lowest BCUT2D eigenvalue weighted by Crippen LogP contribution is -2.40. The minimum Gasteiger partial charge on any atom is -0.372 e. The summed E-state index contributed by atoms with van der Waals surface area (Å²) in [5.41, 5.74) is -0.343. The number of nitrogens with one attached hydrogen (secondary N) is 1. The Morgan fingerprint density at radius 2 is 2.22 bits per heavy atom. The SMILES string of the molecule is COC(C)(CNC(=O)c1cc(C2CC2)on1)c1ccccc1F. The van der Waals surface area contributed by atoms with E-state index < -0.39 is 5.60 Å². The number of aromatic nitrogens is 1. The maximum absolute atomic E-state index is 14.0. The average molecular weight is 318 g/mol. The Balaban J connectivity index is 1.69. The first kappa shape index (κ1) is 15.7. The number of amides is 1. The van der Waals surface area contributed by atoms with E-state index in [-0.39, 0.29) is 24.0 Å². The number of benzene rings is 1. The molecule has 1 aromatic carbocycles. The van der Waals surface area contributed by atoms with E-state index in [1.165, 1.54) is 13.2 Å². The fraction of sp³-hybridized carbons (Fsp3) is 0.412. The number of methoxy groups -OCH3 is 1. The van der Waals surface area contributed by atoms with Crippen molar-refractivity contribution in [1.29, 1.82) is 0 Å². The Bertz CT molecular complexity index is 711. The van der Waals surface area contributed by atoms with E-state index in [0.29, 0.717) is 11.5 Å². The minimum absolute atomic E-state index is 0.120. The van der Waals surface area contributed by atoms with Gasteiger partial charge in [-0.2, -0.15) is 0 Å². The molecule has 1 unspecified atom stereocenters. The highest BCUT2D eigenvalue weighted by Crippen LogP contribution is 2.40. The van der Waals surface area contributed by atoms with Crippen LogP contribution in [0, 0.1) is 5.82 Å². The Hall–Kier alpha value is -2.21. The van der Waals surface area contributed by atoms with Gasteiger partial charge in [0, 0.05) is 24.7 Å². The molecule has 1 saturated carbocycles. The first-order valence-corrected chi connectivity index (χ1v) is 7.58. The molecule has 1 aromatic heterocycles. The third-order valence-electron chi connectivity index (χ3n) is 4.22. The van der Waals surface area contributed by atoms with Gasteiger partial charge in [0.1, 0.15) is 17.2 Å². The second-order valence-electron chi connectivity index (χ2n) is 5.99. The zero-order chi connectivity index (χ0) is 16.4. The van der Waals surface area contributed by atoms with E-state index in [4.69, 9.17) is 9.26 Å². The maximum atomic E-state index is 14.0. The Morgan fingerprint density at radius 3 is 2.87 bits per heavy atom. The molecule has 5 nitrogen and oxygen atoms in total. The summed E-state index contributed by atoms with van der Waals surface area (Å²) in [5, 5.41) is 6.53. The number of halogens is 1. The molecule has 0 bridgehead atoms. The van der Waals surface area contributed by atoms with Crippen LogP contribution in [-0.2, 0) is 10.3 Å². The van der Waals surface area contributed by atoms with E-state index in [9.17, 15) is 9.18 Å². The molecule has 0 saturated heterocycles. The van der Waals surface area contributed by atoms with Crippen molar-refractivity contribution in [3.05, 3.63) is 53.2 Å². The van der Waals surface area contributed by atoms with Gasteiger partial charge < -0.3 is 14.6 Å². The molecule has 0 aliphatic heterocycles. The number of carbonyl (C=O) groups is 1. The summed E-state index contributed by atoms with van der Waals surface area (Å²) in [6.45, 7) is 1.85. The molecule has 1 aliphatic carbocycles. The lowest BCUT2D eigenvalue weighted by Gasteiger charge is -2.29. The summed E-state index contributed by atoms with van der Waals surface area (Å²) in [4.78, 5) is 12.2. The second kappa shape index (κ2) is 6.12. The van der Waals surface area contributed by atoms with Crippen molar-refractivity contribution in [3.8, 4) is 0 Å². The lowest BCUT2D eigenvalue weighted by molar-refractivity contribution is 0.000320. The van der Waals surface area contributed by atoms with Crippen molar-refractivity contribution in [3.63, 3.8) is 0 Å². The smallest absolute Gasteiger partial charge is 0.273 e. The zero-order valence-electron chi connectivity index (χ0n) is 13.1. The van der Waals surface area contributed by atoms with Crippen molar-refractivity contribution in [1.82, 2.24) is 10.5 Å². The Kier molecular flexibility index (Phi) is 4.17. The molecule has 0 radical (unpaired) electrons. The van der Waals surface area contributed by atoms with E-state index in [1.807, 2.05) is 0 Å². The van der Waals surface area contributed by atoms with Crippen molar-refractivity contribution in [2.24, 2.45) is 0 Å². The topological polar surface area (TPSA) is 64.4 Å². The van der Waals surface area contributed by atoms with Gasteiger partial charge in [0.2, 0.25) is 0 Å². The van der Waals surface area contributed by atoms with Gasteiger partial charge >= 0.3 is 0 Å². The quantitative estimate of drug-likeness (QED) is 0.889. The van der Waals surface area contributed by atoms with E-state index in [1.54, 1.807) is 31.2 Å². The first-order valence-electron chi connectivity index (χ1n) is 7.58. The third-order valence-corrected chi connectivity index (χ3v) is 4.22. The number of rotatable bonds is 6. The molecule has 3 rings (SSSR count). The fourth-order valence-electron chi connectivity index (χ4n) is 2.46. The number of hydrogen-bond donors (Lipinski definition) is 1. The monoisotopic (exact) mass is 318 g/mol. The normalized spacial score (nSPS) is 16.8. The summed E-state index contributed by atoms with van der Waals surface area (Å²) in [5.74, 6) is 0.411. The third kappa shape index (κ3) is 3.27. The number of hydrogen-bond acceptors (Lipinski definition) is 4. The Labute approximate surface area is 133 Å². The van der Waals surface area contributed by atoms with Crippen LogP contribution in [0.4, 0.5) is 4.39 Å². The van der Waals surface area contributed by atoms with Crippen LogP contribution in [0.5, 0.6) is 0 Å². The van der Waals surface area contributed by atoms with Crippen LogP contribution >= 0.6 is 0 Å². The predicted octanol–water partition coefficient (Wildman–Crippen LogP) is 2.98. The molecule has 2 aromatic rings. The molecule has 1 fully saturated rings. The van der Waals surface area contributed by atoms with E-state index in [2.05, 4.69) is 10.5 Å². The van der Waals surface area contributed by atoms with Crippen molar-refractivity contribution in [2.45, 2.75) is 31.3 Å². The van der Waals surface area contributed by atoms with Crippen LogP contribution in [0.1, 0.15) is 47.5 Å². The minimum atomic E-state index is -0.968. The largest absolute Gasteiger partial charge is 0.372 e. The summed E-state index contributed by atoms with van der Waals surface area (Å²) >= 11 is 0. The van der Waals surface area contributed by atoms with Gasteiger partial charge in [-0.15, -0.1) is 0 Å². The van der Waals surface area contributed by atoms with Gasteiger partial charge in [-0.25, -0.2) is 4.39 Å². The number of carbonyl (C=O) groups excluding carboxylic acids is 1. The summed E-state index contributed by atoms with van der Waals surface area (Å²) in [7, 11) is 1.49. The highest BCUT2D eigenvalue weighted by atomic mass is 19.1. The molecule has 1 aliphatic rings. The highest BCUT2D eigenvalue weighted by Gasteiger charge is 2.31. The maximum Gasteiger partial charge on any atom is 0.273 e. The summed E-state index contributed by atoms with van der Waals surface area (Å²) < 4.78 is 24.6. The molecule has 1 atom stereocenters. The summed E-state index contributed by atoms with van der Waals surface area (Å²) in [6, 6.07) is 8.03. The van der Waals surface area contributed by atoms with Crippen LogP contribution in [0.3, 0.4) is 0 Å². The molecule has 1 heterocycles. The standard InChI is InChI=1S/C17H19FN2O3/c1-17(22-2,12-5-3-4-6-13(12)18)10-19-16(21)14-9-15(23-20-14)11-7-8-11/h3-6,9,11H,7-8,10H2,1-2H3,(H,19,21). The van der Waals surface area contributed by atoms with Crippen molar-refractivity contribution in [2.75, 3.05) is 13.7 Å². The van der Waals surface area contributed by atoms with Crippen molar-refractivity contribution >= 4 is 5.91 Å². The average Bonchev–Trinajstić information content (AvgIpc) is 3.30. The first-order chi connectivity index (χ1) is 11.0. The predicted molar refractivity (Wildman–Crippen MR) is 81.6 cm³/mol. The lowest BCUT2D eigenvalue weighted by atomic mass is 9.95. The molecule has 6 heteroatoms. The molecule has 0 spiro atoms. The van der Waals surface area contributed by atoms with Crippen LogP contribution in [-0.4, -0.2) is 24.7 Å². The molecule has 1 N–H and O–H groups in total. The number of nitrogens with zero attached hydrogens (tertiary/aromatic N) is 1. The van der Waals surface area contributed by atoms with Gasteiger partial charge in [-0.1, -0.05) is 23.4 Å². The molecule has 23 heavy (non-hydrogen) atoms. The van der Waals surface area contributed by atoms with Gasteiger partial charge in [-0.3, -0.25) is 4.79 Å². The summed E-state index contributed by atoms with van der Waals surface area (Å²) in [6.07, 6.45) is 2.15. The molecule has 1 amide bonds. The van der Waals surface area contributed by atoms with Crippen LogP contribution < -0.4 is 5.32 Å². The zero-order valence-corrected chi connectivity index (χ0v) is 13.1. The Morgan fingerprint density at radius 1 is 1.48 bits per heavy atom. The van der Waals surface area contributed by atoms with Gasteiger partial charge in [0.15, 0.2) is 5.69 Å². The molecule has 122 valence electrons.